The molecule has 0 saturated heterocycles. The van der Waals surface area contributed by atoms with Crippen LogP contribution >= 0.6 is 10.0 Å². The molecule has 3 heteroatoms. The molecule has 0 aromatic rings. The van der Waals surface area contributed by atoms with Crippen LogP contribution in [-0.2, 0) is 4.79 Å². The van der Waals surface area contributed by atoms with Gasteiger partial charge in [-0.25, -0.2) is 10.0 Å². The largest absolute Gasteiger partial charge is 0.326 e. The molecule has 2 nitrogen and oxygen atoms in total. The second kappa shape index (κ2) is 5.05. The van der Waals surface area contributed by atoms with Gasteiger partial charge in [0.25, 0.3) is 0 Å². The average Bonchev–Trinajstić information content (AvgIpc) is 1.97. The van der Waals surface area contributed by atoms with Gasteiger partial charge in [-0.05, 0) is 35.8 Å². The van der Waals surface area contributed by atoms with Gasteiger partial charge in [-0.3, -0.25) is 4.79 Å². The van der Waals surface area contributed by atoms with Crippen LogP contribution in [0.3, 0.4) is 0 Å². The first kappa shape index (κ1) is 13.0. The maximum atomic E-state index is 10.7. The third-order valence-corrected chi connectivity index (χ3v) is 2.34. The van der Waals surface area contributed by atoms with Crippen molar-refractivity contribution in [2.45, 2.75) is 6.92 Å². The molecule has 0 unspecified atom stereocenters. The summed E-state index contributed by atoms with van der Waals surface area (Å²) >= 11 is 0. The molecule has 0 aromatic heterocycles. The van der Waals surface area contributed by atoms with Crippen molar-refractivity contribution in [1.82, 2.24) is 5.32 Å². The van der Waals surface area contributed by atoms with E-state index in [-0.39, 0.29) is 5.91 Å². The molecule has 0 fully saturated rings. The number of amides is 1. The van der Waals surface area contributed by atoms with Gasteiger partial charge < -0.3 is 5.32 Å². The molecule has 1 amide bonds. The highest BCUT2D eigenvalue weighted by molar-refractivity contribution is 8.34. The van der Waals surface area contributed by atoms with Crippen LogP contribution in [0.15, 0.2) is 35.9 Å². The van der Waals surface area contributed by atoms with E-state index < -0.39 is 10.0 Å². The lowest BCUT2D eigenvalue weighted by Gasteiger charge is -2.19. The quantitative estimate of drug-likeness (QED) is 0.714. The third kappa shape index (κ3) is 6.54. The lowest BCUT2D eigenvalue weighted by atomic mass is 10.2. The molecule has 0 aromatic carbocycles. The van der Waals surface area contributed by atoms with Crippen LogP contribution in [0.25, 0.3) is 0 Å². The van der Waals surface area contributed by atoms with E-state index in [0.29, 0.717) is 5.70 Å². The van der Waals surface area contributed by atoms with Crippen molar-refractivity contribution >= 4 is 15.9 Å². The van der Waals surface area contributed by atoms with Crippen molar-refractivity contribution in [3.05, 3.63) is 35.9 Å². The Morgan fingerprint density at radius 3 is 2.14 bits per heavy atom. The molecule has 1 N–H and O–H groups in total. The van der Waals surface area contributed by atoms with Crippen molar-refractivity contribution < 1.29 is 4.79 Å². The Kier molecular flexibility index (Phi) is 4.71. The normalized spacial score (nSPS) is 12.6. The molecular formula is C11H19NOS. The number of hydrogen-bond acceptors (Lipinski definition) is 1. The fourth-order valence-corrected chi connectivity index (χ4v) is 1.25. The number of carbonyl (C=O) groups excluding carboxylic acids is 1. The van der Waals surface area contributed by atoms with E-state index in [4.69, 9.17) is 0 Å². The molecule has 0 bridgehead atoms. The van der Waals surface area contributed by atoms with E-state index in [1.165, 1.54) is 6.92 Å². The first-order chi connectivity index (χ1) is 6.22. The Morgan fingerprint density at radius 1 is 1.29 bits per heavy atom. The summed E-state index contributed by atoms with van der Waals surface area (Å²) in [5.74, 6) is -0.118. The molecule has 0 radical (unpaired) electrons. The predicted octanol–water partition coefficient (Wildman–Crippen LogP) is 2.40. The van der Waals surface area contributed by atoms with Gasteiger partial charge in [0, 0.05) is 12.6 Å². The van der Waals surface area contributed by atoms with Gasteiger partial charge in [0.05, 0.1) is 0 Å². The lowest BCUT2D eigenvalue weighted by Crippen LogP contribution is -2.18. The van der Waals surface area contributed by atoms with Crippen molar-refractivity contribution in [2.24, 2.45) is 0 Å². The monoisotopic (exact) mass is 213 g/mol. The number of hydrogen-bond donors (Lipinski definition) is 1. The van der Waals surface area contributed by atoms with E-state index in [9.17, 15) is 4.79 Å². The first-order valence-electron chi connectivity index (χ1n) is 4.24. The van der Waals surface area contributed by atoms with Gasteiger partial charge in [0.2, 0.25) is 5.91 Å². The Bertz CT molecular complexity index is 284. The number of rotatable bonds is 4. The number of nitrogens with one attached hydrogen (secondary N) is 1. The Morgan fingerprint density at radius 2 is 1.79 bits per heavy atom. The number of allylic oxidation sites excluding steroid dienone is 1. The molecule has 0 rings (SSSR count). The van der Waals surface area contributed by atoms with Crippen molar-refractivity contribution in [2.75, 3.05) is 18.8 Å². The molecule has 0 saturated carbocycles. The summed E-state index contributed by atoms with van der Waals surface area (Å²) in [5.41, 5.74) is 1.32. The molecular weight excluding hydrogens is 194 g/mol. The molecule has 0 spiro atoms. The van der Waals surface area contributed by atoms with Crippen molar-refractivity contribution in [3.63, 3.8) is 0 Å². The number of carbonyl (C=O) groups is 1. The van der Waals surface area contributed by atoms with E-state index >= 15 is 0 Å². The van der Waals surface area contributed by atoms with Crippen LogP contribution in [0, 0.1) is 0 Å². The molecule has 0 aliphatic rings. The van der Waals surface area contributed by atoms with Crippen LogP contribution < -0.4 is 5.32 Å². The van der Waals surface area contributed by atoms with Crippen LogP contribution in [0.1, 0.15) is 6.92 Å². The van der Waals surface area contributed by atoms with Crippen molar-refractivity contribution in [3.8, 4) is 0 Å². The SMILES string of the molecule is C=C(C=CS(C)(C)C)C(=C)NC(C)=O. The van der Waals surface area contributed by atoms with Crippen LogP contribution in [0.2, 0.25) is 0 Å². The second-order valence-corrected chi connectivity index (χ2v) is 8.06. The fraction of sp³-hybridized carbons (Fsp3) is 0.364. The maximum Gasteiger partial charge on any atom is 0.221 e. The predicted molar refractivity (Wildman–Crippen MR) is 66.6 cm³/mol. The Balaban J connectivity index is 4.29. The maximum absolute atomic E-state index is 10.7. The highest BCUT2D eigenvalue weighted by Crippen LogP contribution is 2.36. The zero-order chi connectivity index (χ0) is 11.4. The van der Waals surface area contributed by atoms with Crippen LogP contribution in [-0.4, -0.2) is 24.7 Å². The van der Waals surface area contributed by atoms with Crippen molar-refractivity contribution in [1.29, 1.82) is 0 Å². The van der Waals surface area contributed by atoms with Gasteiger partial charge >= 0.3 is 0 Å². The lowest BCUT2D eigenvalue weighted by molar-refractivity contribution is -0.118. The highest BCUT2D eigenvalue weighted by atomic mass is 32.3. The highest BCUT2D eigenvalue weighted by Gasteiger charge is 2.00. The molecule has 0 aliphatic carbocycles. The summed E-state index contributed by atoms with van der Waals surface area (Å²) in [6.07, 6.45) is 8.45. The van der Waals surface area contributed by atoms with Gasteiger partial charge in [-0.15, -0.1) is 0 Å². The first-order valence-corrected chi connectivity index (χ1v) is 7.16. The summed E-state index contributed by atoms with van der Waals surface area (Å²) in [6, 6.07) is 0. The zero-order valence-electron chi connectivity index (χ0n) is 9.39. The van der Waals surface area contributed by atoms with Gasteiger partial charge in [0.15, 0.2) is 0 Å². The minimum atomic E-state index is -0.676. The Hall–Kier alpha value is -0.960. The van der Waals surface area contributed by atoms with Gasteiger partial charge in [0.1, 0.15) is 0 Å². The van der Waals surface area contributed by atoms with Crippen LogP contribution in [0.5, 0.6) is 0 Å². The minimum Gasteiger partial charge on any atom is -0.326 e. The summed E-state index contributed by atoms with van der Waals surface area (Å²) in [6.45, 7) is 9.00. The summed E-state index contributed by atoms with van der Waals surface area (Å²) in [7, 11) is -0.676. The topological polar surface area (TPSA) is 29.1 Å². The van der Waals surface area contributed by atoms with E-state index in [0.717, 1.165) is 5.57 Å². The standard InChI is InChI=1S/C11H19NOS/c1-9(7-8-14(4,5)6)10(2)12-11(3)13/h7-8H,1-2H2,3-6H3,(H,12,13). The summed E-state index contributed by atoms with van der Waals surface area (Å²) < 4.78 is 0. The van der Waals surface area contributed by atoms with E-state index in [1.54, 1.807) is 0 Å². The van der Waals surface area contributed by atoms with E-state index in [1.807, 2.05) is 6.08 Å². The van der Waals surface area contributed by atoms with E-state index in [2.05, 4.69) is 42.7 Å². The fourth-order valence-electron chi connectivity index (χ4n) is 0.680. The Labute approximate surface area is 88.1 Å². The third-order valence-electron chi connectivity index (χ3n) is 1.39. The minimum absolute atomic E-state index is 0.118. The van der Waals surface area contributed by atoms with Crippen LogP contribution in [0.4, 0.5) is 0 Å². The molecule has 0 heterocycles. The summed E-state index contributed by atoms with van der Waals surface area (Å²) in [4.78, 5) is 10.7. The van der Waals surface area contributed by atoms with Gasteiger partial charge in [-0.2, -0.15) is 0 Å². The molecule has 80 valence electrons. The second-order valence-electron chi connectivity index (χ2n) is 3.92. The smallest absolute Gasteiger partial charge is 0.221 e. The summed E-state index contributed by atoms with van der Waals surface area (Å²) in [5, 5.41) is 4.72. The molecule has 0 atom stereocenters. The van der Waals surface area contributed by atoms with Gasteiger partial charge in [-0.1, -0.05) is 13.2 Å². The zero-order valence-corrected chi connectivity index (χ0v) is 10.2. The molecule has 14 heavy (non-hydrogen) atoms. The molecule has 0 aliphatic heterocycles. The average molecular weight is 213 g/mol.